The molecule has 6 atom stereocenters. The number of unbranched alkanes of at least 4 members (excludes halogenated alkanes) is 1. The first-order valence-electron chi connectivity index (χ1n) is 18.6. The molecule has 0 unspecified atom stereocenters. The van der Waals surface area contributed by atoms with Gasteiger partial charge in [-0.1, -0.05) is 53.7 Å². The Balaban J connectivity index is 3.32. The van der Waals surface area contributed by atoms with Crippen molar-refractivity contribution in [2.75, 3.05) is 6.54 Å². The normalized spacial score (nSPS) is 14.6. The van der Waals surface area contributed by atoms with E-state index in [0.29, 0.717) is 31.4 Å². The van der Waals surface area contributed by atoms with E-state index in [-0.39, 0.29) is 49.2 Å². The van der Waals surface area contributed by atoms with E-state index in [1.807, 2.05) is 41.5 Å². The number of hydrogen-bond donors (Lipinski definition) is 10. The van der Waals surface area contributed by atoms with Crippen LogP contribution in [0.3, 0.4) is 0 Å². The van der Waals surface area contributed by atoms with Gasteiger partial charge < -0.3 is 54.6 Å². The molecule has 7 amide bonds. The van der Waals surface area contributed by atoms with Crippen LogP contribution >= 0.6 is 0 Å². The number of nitrogens with one attached hydrogen (secondary N) is 5. The second-order valence-corrected chi connectivity index (χ2v) is 15.0. The number of rotatable bonds is 25. The number of benzene rings is 1. The minimum absolute atomic E-state index is 0.00207. The van der Waals surface area contributed by atoms with Crippen LogP contribution in [0.5, 0.6) is 5.75 Å². The number of carbonyl (C=O) groups excluding carboxylic acids is 7. The third-order valence-corrected chi connectivity index (χ3v) is 8.40. The lowest BCUT2D eigenvalue weighted by Crippen LogP contribution is -2.60. The van der Waals surface area contributed by atoms with Crippen LogP contribution in [0.1, 0.15) is 92.1 Å². The van der Waals surface area contributed by atoms with Crippen molar-refractivity contribution in [1.29, 1.82) is 0 Å². The number of carbonyl (C=O) groups is 7. The minimum atomic E-state index is -1.54. The van der Waals surface area contributed by atoms with Gasteiger partial charge in [-0.2, -0.15) is 0 Å². The van der Waals surface area contributed by atoms with Crippen molar-refractivity contribution in [2.45, 2.75) is 129 Å². The number of phenols is 1. The molecule has 0 aliphatic rings. The van der Waals surface area contributed by atoms with E-state index in [1.165, 1.54) is 12.1 Å². The summed E-state index contributed by atoms with van der Waals surface area (Å²) in [5.41, 5.74) is 23.2. The summed E-state index contributed by atoms with van der Waals surface area (Å²) < 4.78 is 0. The maximum absolute atomic E-state index is 13.8. The highest BCUT2D eigenvalue weighted by Gasteiger charge is 2.34. The van der Waals surface area contributed by atoms with E-state index in [9.17, 15) is 38.7 Å². The monoisotopic (exact) mass is 761 g/mol. The largest absolute Gasteiger partial charge is 0.508 e. The van der Waals surface area contributed by atoms with E-state index in [1.54, 1.807) is 12.1 Å². The van der Waals surface area contributed by atoms with Gasteiger partial charge in [0.2, 0.25) is 41.4 Å². The Morgan fingerprint density at radius 3 is 1.46 bits per heavy atom. The number of hydrogen-bond acceptors (Lipinski definition) is 10. The van der Waals surface area contributed by atoms with Gasteiger partial charge in [-0.25, -0.2) is 0 Å². The van der Waals surface area contributed by atoms with Crippen LogP contribution < -0.4 is 49.5 Å². The van der Waals surface area contributed by atoms with Gasteiger partial charge in [-0.05, 0) is 80.5 Å². The quantitative estimate of drug-likeness (QED) is 0.0560. The lowest BCUT2D eigenvalue weighted by Gasteiger charge is -2.28. The predicted molar refractivity (Wildman–Crippen MR) is 204 cm³/mol. The smallest absolute Gasteiger partial charge is 0.243 e. The second-order valence-electron chi connectivity index (χ2n) is 15.0. The summed E-state index contributed by atoms with van der Waals surface area (Å²) in [6.07, 6.45) is 1.36. The zero-order chi connectivity index (χ0) is 41.1. The summed E-state index contributed by atoms with van der Waals surface area (Å²) in [5, 5.41) is 22.8. The van der Waals surface area contributed by atoms with Crippen LogP contribution in [0.25, 0.3) is 0 Å². The second kappa shape index (κ2) is 23.8. The highest BCUT2D eigenvalue weighted by Crippen LogP contribution is 2.14. The lowest BCUT2D eigenvalue weighted by atomic mass is 9.99. The fraction of sp³-hybridized carbons (Fsp3) is 0.649. The average Bonchev–Trinajstić information content (AvgIpc) is 3.06. The molecule has 0 aromatic heterocycles. The van der Waals surface area contributed by atoms with Crippen LogP contribution in [-0.2, 0) is 40.0 Å². The summed E-state index contributed by atoms with van der Waals surface area (Å²) in [6.45, 7) is 11.5. The van der Waals surface area contributed by atoms with E-state index in [4.69, 9.17) is 22.9 Å². The van der Waals surface area contributed by atoms with Crippen molar-refractivity contribution in [2.24, 2.45) is 40.7 Å². The molecule has 0 heterocycles. The van der Waals surface area contributed by atoms with E-state index < -0.39 is 84.0 Å². The van der Waals surface area contributed by atoms with Crippen molar-refractivity contribution in [3.8, 4) is 5.75 Å². The van der Waals surface area contributed by atoms with Gasteiger partial charge in [-0.15, -0.1) is 0 Å². The zero-order valence-electron chi connectivity index (χ0n) is 32.5. The Bertz CT molecular complexity index is 1400. The van der Waals surface area contributed by atoms with E-state index in [2.05, 4.69) is 26.6 Å². The van der Waals surface area contributed by atoms with Gasteiger partial charge in [0, 0.05) is 6.42 Å². The van der Waals surface area contributed by atoms with E-state index in [0.717, 1.165) is 0 Å². The highest BCUT2D eigenvalue weighted by molar-refractivity contribution is 5.98. The number of amides is 7. The van der Waals surface area contributed by atoms with Gasteiger partial charge in [0.05, 0.1) is 12.5 Å². The van der Waals surface area contributed by atoms with Crippen LogP contribution in [0.2, 0.25) is 0 Å². The molecule has 0 spiro atoms. The molecule has 0 radical (unpaired) electrons. The Morgan fingerprint density at radius 2 is 1.02 bits per heavy atom. The van der Waals surface area contributed by atoms with Gasteiger partial charge in [-0.3, -0.25) is 33.6 Å². The number of nitrogens with two attached hydrogens (primary N) is 4. The molecule has 54 heavy (non-hydrogen) atoms. The summed E-state index contributed by atoms with van der Waals surface area (Å²) in [4.78, 5) is 91.7. The van der Waals surface area contributed by atoms with Gasteiger partial charge in [0.1, 0.15) is 36.0 Å². The number of aromatic hydroxyl groups is 1. The Morgan fingerprint density at radius 1 is 0.593 bits per heavy atom. The maximum Gasteiger partial charge on any atom is 0.243 e. The van der Waals surface area contributed by atoms with E-state index >= 15 is 0 Å². The SMILES string of the molecule is CC(C)C[C@H](NC(=O)[C@H](CC(N)=O)NC(=O)[C@H](CC(C)C)NC(=O)[C@H](Cc1ccc(O)cc1)NC(=O)[C@@H](N)CC(C)C)C(=O)N[C@@H](CCCCN)C(N)=O. The Hall–Kier alpha value is -4.77. The third-order valence-electron chi connectivity index (χ3n) is 8.40. The van der Waals surface area contributed by atoms with Crippen LogP contribution in [0.15, 0.2) is 24.3 Å². The topological polar surface area (TPSA) is 304 Å². The summed E-state index contributed by atoms with van der Waals surface area (Å²) in [6, 6.07) is -0.984. The number of phenolic OH excluding ortho intramolecular Hbond substituents is 1. The van der Waals surface area contributed by atoms with Crippen LogP contribution in [0, 0.1) is 17.8 Å². The van der Waals surface area contributed by atoms with Crippen molar-refractivity contribution in [3.05, 3.63) is 29.8 Å². The van der Waals surface area contributed by atoms with Crippen LogP contribution in [-0.4, -0.2) is 89.3 Å². The fourth-order valence-electron chi connectivity index (χ4n) is 5.65. The standard InChI is InChI=1S/C37H63N9O8/c1-20(2)15-25(39)33(50)43-29(18-23-10-12-24(47)13-11-23)36(53)44-28(17-22(5)6)35(52)46-30(19-31(40)48)37(54)45-27(16-21(3)4)34(51)42-26(32(41)49)9-7-8-14-38/h10-13,20-22,25-30,47H,7-9,14-19,38-39H2,1-6H3,(H2,40,48)(H2,41,49)(H,42,51)(H,43,50)(H,44,53)(H,45,54)(H,46,52)/t25-,26-,27-,28-,29-,30-/m0/s1. The fourth-order valence-corrected chi connectivity index (χ4v) is 5.65. The molecule has 14 N–H and O–H groups in total. The number of primary amides is 2. The summed E-state index contributed by atoms with van der Waals surface area (Å²) >= 11 is 0. The molecular formula is C37H63N9O8. The first-order valence-corrected chi connectivity index (χ1v) is 18.6. The molecule has 0 saturated heterocycles. The average molecular weight is 762 g/mol. The molecule has 17 nitrogen and oxygen atoms in total. The van der Waals surface area contributed by atoms with Crippen molar-refractivity contribution >= 4 is 41.4 Å². The molecule has 0 saturated carbocycles. The van der Waals surface area contributed by atoms with Crippen molar-refractivity contribution < 1.29 is 38.7 Å². The lowest BCUT2D eigenvalue weighted by molar-refractivity contribution is -0.136. The molecule has 1 aromatic rings. The summed E-state index contributed by atoms with van der Waals surface area (Å²) in [5.74, 6) is -5.48. The molecule has 0 bridgehead atoms. The third kappa shape index (κ3) is 18.3. The van der Waals surface area contributed by atoms with Gasteiger partial charge in [0.15, 0.2) is 0 Å². The molecule has 0 aliphatic heterocycles. The zero-order valence-corrected chi connectivity index (χ0v) is 32.5. The molecule has 17 heteroatoms. The van der Waals surface area contributed by atoms with Crippen LogP contribution in [0.4, 0.5) is 0 Å². The van der Waals surface area contributed by atoms with Gasteiger partial charge in [0.25, 0.3) is 0 Å². The first-order chi connectivity index (χ1) is 25.2. The van der Waals surface area contributed by atoms with Gasteiger partial charge >= 0.3 is 0 Å². The molecule has 1 aromatic carbocycles. The molecule has 304 valence electrons. The molecule has 1 rings (SSSR count). The molecule has 0 aliphatic carbocycles. The Kier molecular flexibility index (Phi) is 20.8. The molecular weight excluding hydrogens is 698 g/mol. The summed E-state index contributed by atoms with van der Waals surface area (Å²) in [7, 11) is 0. The molecule has 0 fully saturated rings. The maximum atomic E-state index is 13.8. The Labute approximate surface area is 318 Å². The first kappa shape index (κ1) is 47.3. The van der Waals surface area contributed by atoms with Crippen molar-refractivity contribution in [1.82, 2.24) is 26.6 Å². The highest BCUT2D eigenvalue weighted by atomic mass is 16.3. The minimum Gasteiger partial charge on any atom is -0.508 e. The predicted octanol–water partition coefficient (Wildman–Crippen LogP) is -0.686. The van der Waals surface area contributed by atoms with Crippen molar-refractivity contribution in [3.63, 3.8) is 0 Å².